The molecule has 9 heteroatoms. The largest absolute Gasteiger partial charge is 0.478 e. The summed E-state index contributed by atoms with van der Waals surface area (Å²) in [7, 11) is -7.81. The number of sulfonamides is 1. The quantitative estimate of drug-likeness (QED) is 0.826. The van der Waals surface area contributed by atoms with Crippen molar-refractivity contribution in [3.8, 4) is 0 Å². The Labute approximate surface area is 117 Å². The van der Waals surface area contributed by atoms with Crippen LogP contribution in [0.3, 0.4) is 0 Å². The molecule has 0 aliphatic rings. The van der Waals surface area contributed by atoms with Crippen LogP contribution < -0.4 is 4.72 Å². The number of nitrogens with one attached hydrogen (secondary N) is 1. The molecule has 0 amide bonds. The van der Waals surface area contributed by atoms with Crippen molar-refractivity contribution in [1.82, 2.24) is 0 Å². The second-order valence-corrected chi connectivity index (χ2v) is 8.76. The van der Waals surface area contributed by atoms with Crippen LogP contribution >= 0.6 is 0 Å². The van der Waals surface area contributed by atoms with E-state index in [9.17, 15) is 21.6 Å². The van der Waals surface area contributed by atoms with E-state index in [1.807, 2.05) is 0 Å². The third-order valence-electron chi connectivity index (χ3n) is 2.54. The molecular formula is C11H15NO6S2. The van der Waals surface area contributed by atoms with Gasteiger partial charge in [-0.15, -0.1) is 0 Å². The predicted octanol–water partition coefficient (Wildman–Crippen LogP) is 0.745. The van der Waals surface area contributed by atoms with Crippen LogP contribution in [0.2, 0.25) is 0 Å². The van der Waals surface area contributed by atoms with E-state index in [0.29, 0.717) is 11.1 Å². The Bertz CT molecular complexity index is 749. The zero-order valence-corrected chi connectivity index (χ0v) is 12.8. The average molecular weight is 321 g/mol. The molecule has 0 heterocycles. The van der Waals surface area contributed by atoms with Gasteiger partial charge < -0.3 is 5.11 Å². The van der Waals surface area contributed by atoms with Gasteiger partial charge in [0.25, 0.3) is 0 Å². The van der Waals surface area contributed by atoms with Gasteiger partial charge in [0, 0.05) is 11.9 Å². The standard InChI is InChI=1S/C11H15NO6S2/c1-7-4-9(5-10(8(7)2)11(13)14)12-20(17,18)6-19(3,15)16/h4-5,12H,6H2,1-3H3,(H,13,14). The second kappa shape index (κ2) is 5.41. The van der Waals surface area contributed by atoms with Gasteiger partial charge in [-0.25, -0.2) is 21.6 Å². The minimum atomic E-state index is -4.10. The highest BCUT2D eigenvalue weighted by Gasteiger charge is 2.19. The maximum Gasteiger partial charge on any atom is 0.336 e. The Morgan fingerprint density at radius 1 is 1.20 bits per heavy atom. The smallest absolute Gasteiger partial charge is 0.336 e. The Balaban J connectivity index is 3.20. The molecule has 7 nitrogen and oxygen atoms in total. The molecule has 0 saturated carbocycles. The van der Waals surface area contributed by atoms with Crippen molar-refractivity contribution in [3.05, 3.63) is 28.8 Å². The van der Waals surface area contributed by atoms with Gasteiger partial charge in [0.05, 0.1) is 5.56 Å². The molecule has 1 rings (SSSR count). The first-order valence-electron chi connectivity index (χ1n) is 5.44. The van der Waals surface area contributed by atoms with Crippen LogP contribution in [0, 0.1) is 13.8 Å². The van der Waals surface area contributed by atoms with Gasteiger partial charge in [0.1, 0.15) is 0 Å². The number of anilines is 1. The van der Waals surface area contributed by atoms with Crippen molar-refractivity contribution in [2.24, 2.45) is 0 Å². The Morgan fingerprint density at radius 3 is 2.20 bits per heavy atom. The number of rotatable bonds is 5. The number of aryl methyl sites for hydroxylation is 1. The number of carboxylic acids is 1. The maximum absolute atomic E-state index is 11.7. The van der Waals surface area contributed by atoms with E-state index >= 15 is 0 Å². The normalized spacial score (nSPS) is 12.2. The topological polar surface area (TPSA) is 118 Å². The minimum Gasteiger partial charge on any atom is -0.478 e. The van der Waals surface area contributed by atoms with Crippen molar-refractivity contribution < 1.29 is 26.7 Å². The first-order valence-corrected chi connectivity index (χ1v) is 9.15. The van der Waals surface area contributed by atoms with Gasteiger partial charge in [-0.05, 0) is 37.1 Å². The molecule has 0 bridgehead atoms. The van der Waals surface area contributed by atoms with E-state index in [1.165, 1.54) is 6.07 Å². The zero-order valence-electron chi connectivity index (χ0n) is 11.2. The van der Waals surface area contributed by atoms with Crippen molar-refractivity contribution in [3.63, 3.8) is 0 Å². The summed E-state index contributed by atoms with van der Waals surface area (Å²) >= 11 is 0. The third-order valence-corrected chi connectivity index (χ3v) is 6.04. The lowest BCUT2D eigenvalue weighted by Crippen LogP contribution is -2.22. The van der Waals surface area contributed by atoms with Gasteiger partial charge in [-0.3, -0.25) is 4.72 Å². The summed E-state index contributed by atoms with van der Waals surface area (Å²) in [6.07, 6.45) is 0.801. The van der Waals surface area contributed by atoms with Crippen LogP contribution in [0.5, 0.6) is 0 Å². The van der Waals surface area contributed by atoms with Gasteiger partial charge in [0.2, 0.25) is 10.0 Å². The molecular weight excluding hydrogens is 306 g/mol. The molecule has 0 fully saturated rings. The predicted molar refractivity (Wildman–Crippen MR) is 75.1 cm³/mol. The van der Waals surface area contributed by atoms with E-state index in [4.69, 9.17) is 5.11 Å². The van der Waals surface area contributed by atoms with Crippen LogP contribution in [0.4, 0.5) is 5.69 Å². The lowest BCUT2D eigenvalue weighted by Gasteiger charge is -2.11. The fraction of sp³-hybridized carbons (Fsp3) is 0.364. The van der Waals surface area contributed by atoms with Crippen LogP contribution in [0.1, 0.15) is 21.5 Å². The van der Waals surface area contributed by atoms with E-state index in [-0.39, 0.29) is 11.3 Å². The van der Waals surface area contributed by atoms with Crippen molar-refractivity contribution in [2.75, 3.05) is 16.1 Å². The molecule has 0 spiro atoms. The molecule has 0 unspecified atom stereocenters. The van der Waals surface area contributed by atoms with Crippen molar-refractivity contribution in [2.45, 2.75) is 13.8 Å². The first-order chi connectivity index (χ1) is 8.91. The summed E-state index contributed by atoms with van der Waals surface area (Å²) in [6, 6.07) is 2.60. The SMILES string of the molecule is Cc1cc(NS(=O)(=O)CS(C)(=O)=O)cc(C(=O)O)c1C. The minimum absolute atomic E-state index is 0.0224. The summed E-state index contributed by atoms with van der Waals surface area (Å²) in [4.78, 5) is 11.0. The molecule has 0 aliphatic heterocycles. The lowest BCUT2D eigenvalue weighted by molar-refractivity contribution is 0.0696. The molecule has 20 heavy (non-hydrogen) atoms. The molecule has 0 aromatic heterocycles. The summed E-state index contributed by atoms with van der Waals surface area (Å²) in [5, 5.41) is 7.97. The molecule has 1 aromatic carbocycles. The fourth-order valence-corrected chi connectivity index (χ4v) is 4.60. The number of benzene rings is 1. The molecule has 0 aliphatic carbocycles. The number of hydrogen-bond acceptors (Lipinski definition) is 5. The lowest BCUT2D eigenvalue weighted by atomic mass is 10.0. The molecule has 0 radical (unpaired) electrons. The molecule has 1 aromatic rings. The Morgan fingerprint density at radius 2 is 1.75 bits per heavy atom. The van der Waals surface area contributed by atoms with Crippen LogP contribution in [-0.2, 0) is 19.9 Å². The Kier molecular flexibility index (Phi) is 4.45. The molecule has 0 atom stereocenters. The summed E-state index contributed by atoms with van der Waals surface area (Å²) in [5.74, 6) is -1.19. The van der Waals surface area contributed by atoms with Gasteiger partial charge in [-0.2, -0.15) is 0 Å². The monoisotopic (exact) mass is 321 g/mol. The van der Waals surface area contributed by atoms with Crippen LogP contribution in [0.15, 0.2) is 12.1 Å². The number of aromatic carboxylic acids is 1. The van der Waals surface area contributed by atoms with Crippen molar-refractivity contribution >= 4 is 31.5 Å². The highest BCUT2D eigenvalue weighted by Crippen LogP contribution is 2.21. The second-order valence-electron chi connectivity index (χ2n) is 4.53. The molecule has 2 N–H and O–H groups in total. The van der Waals surface area contributed by atoms with E-state index < -0.39 is 30.9 Å². The van der Waals surface area contributed by atoms with E-state index in [0.717, 1.165) is 12.3 Å². The zero-order chi connectivity index (χ0) is 15.7. The molecule has 0 saturated heterocycles. The van der Waals surface area contributed by atoms with Crippen molar-refractivity contribution in [1.29, 1.82) is 0 Å². The first kappa shape index (κ1) is 16.4. The Hall–Kier alpha value is -1.61. The van der Waals surface area contributed by atoms with E-state index in [1.54, 1.807) is 13.8 Å². The van der Waals surface area contributed by atoms with Gasteiger partial charge in [-0.1, -0.05) is 0 Å². The van der Waals surface area contributed by atoms with Crippen LogP contribution in [0.25, 0.3) is 0 Å². The number of carboxylic acid groups (broad SMARTS) is 1. The van der Waals surface area contributed by atoms with Gasteiger partial charge >= 0.3 is 5.97 Å². The van der Waals surface area contributed by atoms with E-state index in [2.05, 4.69) is 4.72 Å². The number of hydrogen-bond donors (Lipinski definition) is 2. The highest BCUT2D eigenvalue weighted by atomic mass is 32.3. The summed E-state index contributed by atoms with van der Waals surface area (Å²) in [6.45, 7) is 3.24. The van der Waals surface area contributed by atoms with Gasteiger partial charge in [0.15, 0.2) is 14.9 Å². The average Bonchev–Trinajstić information content (AvgIpc) is 2.18. The third kappa shape index (κ3) is 4.49. The van der Waals surface area contributed by atoms with Crippen LogP contribution in [-0.4, -0.2) is 39.3 Å². The summed E-state index contributed by atoms with van der Waals surface area (Å²) in [5.41, 5.74) is 1.08. The fourth-order valence-electron chi connectivity index (χ4n) is 1.63. The highest BCUT2D eigenvalue weighted by molar-refractivity contribution is 8.08. The maximum atomic E-state index is 11.7. The number of carbonyl (C=O) groups is 1. The summed E-state index contributed by atoms with van der Waals surface area (Å²) < 4.78 is 47.4. The molecule has 112 valence electrons. The number of sulfone groups is 1.